The molecule has 3 nitrogen and oxygen atoms in total. The number of ether oxygens (including phenoxy) is 1. The predicted molar refractivity (Wildman–Crippen MR) is 77.8 cm³/mol. The van der Waals surface area contributed by atoms with Gasteiger partial charge in [-0.25, -0.2) is 4.39 Å². The predicted octanol–water partition coefficient (Wildman–Crippen LogP) is 4.02. The van der Waals surface area contributed by atoms with Gasteiger partial charge in [0.25, 0.3) is 0 Å². The van der Waals surface area contributed by atoms with Gasteiger partial charge in [0.15, 0.2) is 0 Å². The maximum atomic E-state index is 13.3. The minimum absolute atomic E-state index is 0.175. The molecular formula is C16H18FNO2. The first-order chi connectivity index (χ1) is 9.51. The van der Waals surface area contributed by atoms with E-state index in [-0.39, 0.29) is 17.6 Å². The summed E-state index contributed by atoms with van der Waals surface area (Å²) in [5.74, 6) is 0.558. The molecule has 0 fully saturated rings. The van der Waals surface area contributed by atoms with Crippen LogP contribution in [0.25, 0.3) is 0 Å². The molecule has 0 spiro atoms. The molecule has 2 aromatic rings. The zero-order valence-electron chi connectivity index (χ0n) is 11.8. The molecule has 0 heterocycles. The van der Waals surface area contributed by atoms with Crippen LogP contribution in [0.3, 0.4) is 0 Å². The zero-order chi connectivity index (χ0) is 14.7. The van der Waals surface area contributed by atoms with Crippen LogP contribution < -0.4 is 10.1 Å². The van der Waals surface area contributed by atoms with Crippen molar-refractivity contribution >= 4 is 5.69 Å². The first-order valence-corrected chi connectivity index (χ1v) is 6.41. The van der Waals surface area contributed by atoms with Crippen molar-refractivity contribution in [1.82, 2.24) is 0 Å². The molecule has 0 saturated heterocycles. The van der Waals surface area contributed by atoms with Crippen molar-refractivity contribution in [2.45, 2.75) is 19.9 Å². The molecule has 0 amide bonds. The largest absolute Gasteiger partial charge is 0.508 e. The number of halogens is 1. The van der Waals surface area contributed by atoms with Crippen molar-refractivity contribution in [2.24, 2.45) is 0 Å². The summed E-state index contributed by atoms with van der Waals surface area (Å²) in [6.07, 6.45) is 0. The number of phenolic OH excluding ortho intramolecular Hbond substituents is 1. The molecule has 4 heteroatoms. The monoisotopic (exact) mass is 275 g/mol. The van der Waals surface area contributed by atoms with Crippen LogP contribution in [0.5, 0.6) is 11.5 Å². The molecule has 1 unspecified atom stereocenters. The highest BCUT2D eigenvalue weighted by atomic mass is 19.1. The van der Waals surface area contributed by atoms with Gasteiger partial charge in [0, 0.05) is 11.3 Å². The van der Waals surface area contributed by atoms with Crippen LogP contribution >= 0.6 is 0 Å². The molecule has 2 N–H and O–H groups in total. The Morgan fingerprint density at radius 2 is 1.95 bits per heavy atom. The van der Waals surface area contributed by atoms with E-state index in [1.807, 2.05) is 13.8 Å². The molecule has 0 bridgehead atoms. The second-order valence-corrected chi connectivity index (χ2v) is 4.75. The minimum Gasteiger partial charge on any atom is -0.508 e. The van der Waals surface area contributed by atoms with Gasteiger partial charge in [-0.1, -0.05) is 6.07 Å². The Morgan fingerprint density at radius 3 is 2.65 bits per heavy atom. The molecule has 0 aliphatic heterocycles. The summed E-state index contributed by atoms with van der Waals surface area (Å²) < 4.78 is 18.4. The van der Waals surface area contributed by atoms with E-state index in [0.717, 1.165) is 5.56 Å². The van der Waals surface area contributed by atoms with Crippen LogP contribution in [-0.4, -0.2) is 12.2 Å². The van der Waals surface area contributed by atoms with Crippen LogP contribution in [0.4, 0.5) is 10.1 Å². The van der Waals surface area contributed by atoms with E-state index in [9.17, 15) is 9.50 Å². The molecule has 106 valence electrons. The lowest BCUT2D eigenvalue weighted by atomic mass is 10.1. The third-order valence-corrected chi connectivity index (χ3v) is 3.27. The smallest absolute Gasteiger partial charge is 0.125 e. The second kappa shape index (κ2) is 5.82. The third-order valence-electron chi connectivity index (χ3n) is 3.27. The number of hydrogen-bond acceptors (Lipinski definition) is 3. The van der Waals surface area contributed by atoms with Crippen LogP contribution in [0.1, 0.15) is 24.1 Å². The van der Waals surface area contributed by atoms with Crippen molar-refractivity contribution < 1.29 is 14.2 Å². The van der Waals surface area contributed by atoms with E-state index in [2.05, 4.69) is 5.32 Å². The number of aromatic hydroxyl groups is 1. The molecule has 20 heavy (non-hydrogen) atoms. The van der Waals surface area contributed by atoms with Crippen LogP contribution in [0, 0.1) is 12.7 Å². The molecule has 0 saturated carbocycles. The Kier molecular flexibility index (Phi) is 4.13. The molecule has 0 aliphatic rings. The van der Waals surface area contributed by atoms with Crippen molar-refractivity contribution in [3.8, 4) is 11.5 Å². The highest BCUT2D eigenvalue weighted by Gasteiger charge is 2.13. The molecule has 0 radical (unpaired) electrons. The quantitative estimate of drug-likeness (QED) is 0.885. The SMILES string of the molecule is COc1ccc(O)c(C(C)Nc2cc(F)ccc2C)c1. The number of benzene rings is 2. The Labute approximate surface area is 118 Å². The van der Waals surface area contributed by atoms with E-state index in [1.165, 1.54) is 12.1 Å². The van der Waals surface area contributed by atoms with E-state index in [1.54, 1.807) is 31.4 Å². The van der Waals surface area contributed by atoms with Gasteiger partial charge in [0.2, 0.25) is 0 Å². The van der Waals surface area contributed by atoms with Gasteiger partial charge in [-0.2, -0.15) is 0 Å². The van der Waals surface area contributed by atoms with E-state index < -0.39 is 0 Å². The van der Waals surface area contributed by atoms with Gasteiger partial charge >= 0.3 is 0 Å². The molecule has 2 rings (SSSR count). The normalized spacial score (nSPS) is 12.0. The molecule has 2 aromatic carbocycles. The van der Waals surface area contributed by atoms with E-state index in [4.69, 9.17) is 4.74 Å². The van der Waals surface area contributed by atoms with Crippen molar-refractivity contribution in [1.29, 1.82) is 0 Å². The Morgan fingerprint density at radius 1 is 1.20 bits per heavy atom. The number of nitrogens with one attached hydrogen (secondary N) is 1. The first kappa shape index (κ1) is 14.2. The van der Waals surface area contributed by atoms with Gasteiger partial charge in [0.1, 0.15) is 17.3 Å². The average Bonchev–Trinajstić information content (AvgIpc) is 2.43. The summed E-state index contributed by atoms with van der Waals surface area (Å²) in [6, 6.07) is 9.46. The average molecular weight is 275 g/mol. The lowest BCUT2D eigenvalue weighted by molar-refractivity contribution is 0.410. The van der Waals surface area contributed by atoms with Crippen LogP contribution in [-0.2, 0) is 0 Å². The number of methoxy groups -OCH3 is 1. The van der Waals surface area contributed by atoms with Gasteiger partial charge in [-0.15, -0.1) is 0 Å². The highest BCUT2D eigenvalue weighted by molar-refractivity contribution is 5.53. The lowest BCUT2D eigenvalue weighted by Gasteiger charge is -2.19. The van der Waals surface area contributed by atoms with Crippen molar-refractivity contribution in [3.05, 3.63) is 53.3 Å². The molecule has 0 aromatic heterocycles. The fourth-order valence-corrected chi connectivity index (χ4v) is 2.07. The van der Waals surface area contributed by atoms with Gasteiger partial charge in [0.05, 0.1) is 13.2 Å². The maximum Gasteiger partial charge on any atom is 0.125 e. The fourth-order valence-electron chi connectivity index (χ4n) is 2.07. The Hall–Kier alpha value is -2.23. The standard InChI is InChI=1S/C16H18FNO2/c1-10-4-5-12(17)8-15(10)18-11(2)14-9-13(20-3)6-7-16(14)19/h4-9,11,18-19H,1-3H3. The van der Waals surface area contributed by atoms with E-state index in [0.29, 0.717) is 17.0 Å². The molecule has 0 aliphatic carbocycles. The van der Waals surface area contributed by atoms with E-state index >= 15 is 0 Å². The summed E-state index contributed by atoms with van der Waals surface area (Å²) in [4.78, 5) is 0. The summed E-state index contributed by atoms with van der Waals surface area (Å²) in [7, 11) is 1.57. The molecule has 1 atom stereocenters. The fraction of sp³-hybridized carbons (Fsp3) is 0.250. The third kappa shape index (κ3) is 3.02. The maximum absolute atomic E-state index is 13.3. The number of aryl methyl sites for hydroxylation is 1. The van der Waals surface area contributed by atoms with Crippen LogP contribution in [0.2, 0.25) is 0 Å². The summed E-state index contributed by atoms with van der Waals surface area (Å²) in [5, 5.41) is 13.1. The van der Waals surface area contributed by atoms with Crippen LogP contribution in [0.15, 0.2) is 36.4 Å². The lowest BCUT2D eigenvalue weighted by Crippen LogP contribution is -2.08. The number of phenols is 1. The number of anilines is 1. The Bertz CT molecular complexity index is 613. The Balaban J connectivity index is 2.27. The topological polar surface area (TPSA) is 41.5 Å². The zero-order valence-corrected chi connectivity index (χ0v) is 11.8. The van der Waals surface area contributed by atoms with Crippen molar-refractivity contribution in [3.63, 3.8) is 0 Å². The summed E-state index contributed by atoms with van der Waals surface area (Å²) >= 11 is 0. The number of hydrogen-bond donors (Lipinski definition) is 2. The van der Waals surface area contributed by atoms with Crippen molar-refractivity contribution in [2.75, 3.05) is 12.4 Å². The first-order valence-electron chi connectivity index (χ1n) is 6.41. The van der Waals surface area contributed by atoms with Gasteiger partial charge in [-0.05, 0) is 49.7 Å². The van der Waals surface area contributed by atoms with Gasteiger partial charge < -0.3 is 15.2 Å². The molecular weight excluding hydrogens is 257 g/mol. The summed E-state index contributed by atoms with van der Waals surface area (Å²) in [6.45, 7) is 3.80. The second-order valence-electron chi connectivity index (χ2n) is 4.75. The summed E-state index contributed by atoms with van der Waals surface area (Å²) in [5.41, 5.74) is 2.35. The number of rotatable bonds is 4. The van der Waals surface area contributed by atoms with Gasteiger partial charge in [-0.3, -0.25) is 0 Å². The highest BCUT2D eigenvalue weighted by Crippen LogP contribution is 2.31. The minimum atomic E-state index is -0.292.